The van der Waals surface area contributed by atoms with Crippen LogP contribution in [0.3, 0.4) is 0 Å². The van der Waals surface area contributed by atoms with Crippen molar-refractivity contribution in [2.24, 2.45) is 5.84 Å². The van der Waals surface area contributed by atoms with Crippen molar-refractivity contribution in [2.75, 3.05) is 12.0 Å². The summed E-state index contributed by atoms with van der Waals surface area (Å²) < 4.78 is 27.1. The van der Waals surface area contributed by atoms with Crippen LogP contribution in [0.25, 0.3) is 0 Å². The Kier molecular flexibility index (Phi) is 4.95. The van der Waals surface area contributed by atoms with Gasteiger partial charge in [-0.2, -0.15) is 4.31 Å². The van der Waals surface area contributed by atoms with Gasteiger partial charge in [-0.1, -0.05) is 19.8 Å². The number of nitrogens with one attached hydrogen (secondary N) is 1. The van der Waals surface area contributed by atoms with Gasteiger partial charge < -0.3 is 5.43 Å². The lowest BCUT2D eigenvalue weighted by molar-refractivity contribution is 0.239. The van der Waals surface area contributed by atoms with Gasteiger partial charge in [0.15, 0.2) is 0 Å². The molecular weight excluding hydrogens is 276 g/mol. The first-order chi connectivity index (χ1) is 9.59. The molecule has 0 radical (unpaired) electrons. The summed E-state index contributed by atoms with van der Waals surface area (Å²) in [6.45, 7) is 2.69. The van der Waals surface area contributed by atoms with Crippen LogP contribution in [-0.2, 0) is 10.0 Å². The van der Waals surface area contributed by atoms with Gasteiger partial charge in [0.25, 0.3) is 0 Å². The third kappa shape index (κ3) is 3.11. The minimum Gasteiger partial charge on any atom is -0.308 e. The standard InChI is InChI=1S/C13H22N4O2S/c1-2-5-11-6-3-4-9-17(11)20(18,19)12-7-8-13(16-14)15-10-12/h7-8,10-11H,2-6,9,14H2,1H3,(H,15,16). The summed E-state index contributed by atoms with van der Waals surface area (Å²) in [5, 5.41) is 0. The van der Waals surface area contributed by atoms with Crippen LogP contribution >= 0.6 is 0 Å². The average molecular weight is 298 g/mol. The van der Waals surface area contributed by atoms with Crippen molar-refractivity contribution in [1.29, 1.82) is 0 Å². The van der Waals surface area contributed by atoms with Crippen molar-refractivity contribution < 1.29 is 8.42 Å². The fourth-order valence-electron chi connectivity index (χ4n) is 2.67. The fraction of sp³-hybridized carbons (Fsp3) is 0.615. The van der Waals surface area contributed by atoms with Gasteiger partial charge in [-0.15, -0.1) is 0 Å². The number of nitrogens with two attached hydrogens (primary N) is 1. The minimum atomic E-state index is -3.46. The van der Waals surface area contributed by atoms with E-state index < -0.39 is 10.0 Å². The zero-order valence-electron chi connectivity index (χ0n) is 11.7. The summed E-state index contributed by atoms with van der Waals surface area (Å²) in [6, 6.07) is 3.24. The Morgan fingerprint density at radius 1 is 1.45 bits per heavy atom. The van der Waals surface area contributed by atoms with Crippen LogP contribution in [0.2, 0.25) is 0 Å². The number of aromatic nitrogens is 1. The van der Waals surface area contributed by atoms with Gasteiger partial charge in [-0.3, -0.25) is 0 Å². The summed E-state index contributed by atoms with van der Waals surface area (Å²) >= 11 is 0. The molecule has 20 heavy (non-hydrogen) atoms. The number of nitrogens with zero attached hydrogens (tertiary/aromatic N) is 2. The quantitative estimate of drug-likeness (QED) is 0.638. The second kappa shape index (κ2) is 6.51. The molecule has 3 N–H and O–H groups in total. The molecule has 0 aromatic carbocycles. The van der Waals surface area contributed by atoms with Gasteiger partial charge in [0.2, 0.25) is 10.0 Å². The van der Waals surface area contributed by atoms with Gasteiger partial charge in [0.1, 0.15) is 10.7 Å². The first-order valence-corrected chi connectivity index (χ1v) is 8.48. The van der Waals surface area contributed by atoms with E-state index in [0.29, 0.717) is 12.4 Å². The average Bonchev–Trinajstić information content (AvgIpc) is 2.48. The van der Waals surface area contributed by atoms with Gasteiger partial charge in [0, 0.05) is 18.8 Å². The number of hydrogen-bond acceptors (Lipinski definition) is 5. The van der Waals surface area contributed by atoms with Crippen LogP contribution in [0.4, 0.5) is 5.82 Å². The second-order valence-corrected chi connectivity index (χ2v) is 6.97. The highest BCUT2D eigenvalue weighted by Gasteiger charge is 2.32. The second-order valence-electron chi connectivity index (χ2n) is 5.08. The number of sulfonamides is 1. The first-order valence-electron chi connectivity index (χ1n) is 7.04. The molecule has 1 aliphatic heterocycles. The van der Waals surface area contributed by atoms with E-state index in [1.165, 1.54) is 6.20 Å². The van der Waals surface area contributed by atoms with Crippen LogP contribution < -0.4 is 11.3 Å². The molecule has 0 amide bonds. The van der Waals surface area contributed by atoms with Gasteiger partial charge in [-0.25, -0.2) is 19.2 Å². The molecule has 0 aliphatic carbocycles. The van der Waals surface area contributed by atoms with Crippen molar-refractivity contribution in [3.05, 3.63) is 18.3 Å². The van der Waals surface area contributed by atoms with Crippen LogP contribution in [0, 0.1) is 0 Å². The van der Waals surface area contributed by atoms with Crippen molar-refractivity contribution in [3.8, 4) is 0 Å². The Balaban J connectivity index is 2.26. The summed E-state index contributed by atoms with van der Waals surface area (Å²) in [6.07, 6.45) is 6.24. The third-order valence-electron chi connectivity index (χ3n) is 3.69. The molecule has 112 valence electrons. The van der Waals surface area contributed by atoms with E-state index in [4.69, 9.17) is 5.84 Å². The Morgan fingerprint density at radius 3 is 2.85 bits per heavy atom. The molecule has 2 rings (SSSR count). The third-order valence-corrected chi connectivity index (χ3v) is 5.62. The molecular formula is C13H22N4O2S. The zero-order chi connectivity index (χ0) is 14.6. The van der Waals surface area contributed by atoms with E-state index in [-0.39, 0.29) is 10.9 Å². The lowest BCUT2D eigenvalue weighted by Crippen LogP contribution is -2.43. The molecule has 1 saturated heterocycles. The Morgan fingerprint density at radius 2 is 2.25 bits per heavy atom. The lowest BCUT2D eigenvalue weighted by atomic mass is 10.0. The number of rotatable bonds is 5. The number of nitrogen functional groups attached to an aromatic ring is 1. The number of anilines is 1. The van der Waals surface area contributed by atoms with E-state index in [0.717, 1.165) is 32.1 Å². The van der Waals surface area contributed by atoms with Crippen LogP contribution in [-0.4, -0.2) is 30.3 Å². The SMILES string of the molecule is CCCC1CCCCN1S(=O)(=O)c1ccc(NN)nc1. The molecule has 1 aliphatic rings. The number of piperidine rings is 1. The summed E-state index contributed by atoms with van der Waals surface area (Å²) in [5.41, 5.74) is 2.39. The normalized spacial score (nSPS) is 20.8. The van der Waals surface area contributed by atoms with E-state index in [2.05, 4.69) is 17.3 Å². The molecule has 1 unspecified atom stereocenters. The van der Waals surface area contributed by atoms with Crippen molar-refractivity contribution in [1.82, 2.24) is 9.29 Å². The van der Waals surface area contributed by atoms with E-state index in [1.807, 2.05) is 0 Å². The molecule has 7 heteroatoms. The van der Waals surface area contributed by atoms with Crippen LogP contribution in [0.15, 0.2) is 23.2 Å². The maximum absolute atomic E-state index is 12.7. The maximum Gasteiger partial charge on any atom is 0.244 e. The molecule has 0 saturated carbocycles. The maximum atomic E-state index is 12.7. The Labute approximate surface area is 120 Å². The van der Waals surface area contributed by atoms with E-state index in [9.17, 15) is 8.42 Å². The molecule has 0 bridgehead atoms. The molecule has 1 aromatic rings. The van der Waals surface area contributed by atoms with Crippen LogP contribution in [0.5, 0.6) is 0 Å². The lowest BCUT2D eigenvalue weighted by Gasteiger charge is -2.34. The van der Waals surface area contributed by atoms with Crippen molar-refractivity contribution in [3.63, 3.8) is 0 Å². The number of pyridine rings is 1. The van der Waals surface area contributed by atoms with Gasteiger partial charge >= 0.3 is 0 Å². The van der Waals surface area contributed by atoms with E-state index >= 15 is 0 Å². The van der Waals surface area contributed by atoms with Gasteiger partial charge in [-0.05, 0) is 31.4 Å². The molecule has 6 nitrogen and oxygen atoms in total. The van der Waals surface area contributed by atoms with Crippen LogP contribution in [0.1, 0.15) is 39.0 Å². The zero-order valence-corrected chi connectivity index (χ0v) is 12.6. The predicted octanol–water partition coefficient (Wildman–Crippen LogP) is 1.71. The Hall–Kier alpha value is -1.18. The van der Waals surface area contributed by atoms with Crippen molar-refractivity contribution in [2.45, 2.75) is 50.0 Å². The largest absolute Gasteiger partial charge is 0.308 e. The number of hydrazine groups is 1. The topological polar surface area (TPSA) is 88.3 Å². The Bertz CT molecular complexity index is 528. The predicted molar refractivity (Wildman–Crippen MR) is 78.5 cm³/mol. The highest BCUT2D eigenvalue weighted by molar-refractivity contribution is 7.89. The summed E-state index contributed by atoms with van der Waals surface area (Å²) in [4.78, 5) is 4.22. The molecule has 1 atom stereocenters. The first kappa shape index (κ1) is 15.2. The highest BCUT2D eigenvalue weighted by atomic mass is 32.2. The smallest absolute Gasteiger partial charge is 0.244 e. The molecule has 0 spiro atoms. The fourth-order valence-corrected chi connectivity index (χ4v) is 4.34. The number of hydrogen-bond donors (Lipinski definition) is 2. The van der Waals surface area contributed by atoms with Crippen molar-refractivity contribution >= 4 is 15.8 Å². The molecule has 1 aromatic heterocycles. The van der Waals surface area contributed by atoms with E-state index in [1.54, 1.807) is 16.4 Å². The van der Waals surface area contributed by atoms with Gasteiger partial charge in [0.05, 0.1) is 0 Å². The summed E-state index contributed by atoms with van der Waals surface area (Å²) in [7, 11) is -3.46. The monoisotopic (exact) mass is 298 g/mol. The molecule has 1 fully saturated rings. The molecule has 2 heterocycles. The summed E-state index contributed by atoms with van der Waals surface area (Å²) in [5.74, 6) is 5.69. The highest BCUT2D eigenvalue weighted by Crippen LogP contribution is 2.27. The minimum absolute atomic E-state index is 0.117.